The quantitative estimate of drug-likeness (QED) is 0.203. The van der Waals surface area contributed by atoms with E-state index >= 15 is 0 Å². The minimum atomic E-state index is -4.52. The van der Waals surface area contributed by atoms with Crippen LogP contribution >= 0.6 is 11.8 Å². The zero-order chi connectivity index (χ0) is 25.3. The zero-order valence-corrected chi connectivity index (χ0v) is 19.2. The molecular weight excluding hydrogens is 491 g/mol. The van der Waals surface area contributed by atoms with Crippen LogP contribution in [0.15, 0.2) is 88.8 Å². The third kappa shape index (κ3) is 4.78. The molecule has 11 heteroatoms. The number of thioether (sulfide) groups is 1. The first-order valence-corrected chi connectivity index (χ1v) is 11.6. The second-order valence-electron chi connectivity index (χ2n) is 7.69. The Kier molecular flexibility index (Phi) is 6.15. The van der Waals surface area contributed by atoms with E-state index in [9.17, 15) is 22.8 Å². The number of rotatable bonds is 5. The molecule has 0 saturated carbocycles. The van der Waals surface area contributed by atoms with Gasteiger partial charge in [0, 0.05) is 16.6 Å². The Morgan fingerprint density at radius 1 is 0.944 bits per heavy atom. The number of hydrogen-bond acceptors (Lipinski definition) is 6. The Labute approximate surface area is 206 Å². The van der Waals surface area contributed by atoms with Crippen LogP contribution in [0.4, 0.5) is 18.9 Å². The van der Waals surface area contributed by atoms with Crippen molar-refractivity contribution in [1.29, 1.82) is 0 Å². The van der Waals surface area contributed by atoms with E-state index in [-0.39, 0.29) is 22.8 Å². The number of carbonyl (C=O) groups excluding carboxylic acids is 1. The molecule has 7 nitrogen and oxygen atoms in total. The molecule has 180 valence electrons. The van der Waals surface area contributed by atoms with Gasteiger partial charge in [0.15, 0.2) is 16.5 Å². The van der Waals surface area contributed by atoms with E-state index in [1.54, 1.807) is 48.5 Å². The van der Waals surface area contributed by atoms with Gasteiger partial charge < -0.3 is 5.32 Å². The number of halogens is 3. The largest absolute Gasteiger partial charge is 0.416 e. The lowest BCUT2D eigenvalue weighted by atomic mass is 10.2. The topological polar surface area (TPSA) is 89.2 Å². The molecule has 5 aromatic rings. The summed E-state index contributed by atoms with van der Waals surface area (Å²) in [5, 5.41) is 7.88. The van der Waals surface area contributed by atoms with E-state index < -0.39 is 23.2 Å². The van der Waals surface area contributed by atoms with Crippen molar-refractivity contribution in [2.45, 2.75) is 11.3 Å². The van der Waals surface area contributed by atoms with E-state index in [0.29, 0.717) is 21.6 Å². The molecule has 0 aliphatic carbocycles. The number of benzene rings is 3. The van der Waals surface area contributed by atoms with Crippen molar-refractivity contribution < 1.29 is 18.0 Å². The molecule has 2 heterocycles. The predicted octanol–water partition coefficient (Wildman–Crippen LogP) is 5.05. The Morgan fingerprint density at radius 3 is 2.47 bits per heavy atom. The highest BCUT2D eigenvalue weighted by Crippen LogP contribution is 2.31. The molecule has 0 unspecified atom stereocenters. The van der Waals surface area contributed by atoms with Crippen molar-refractivity contribution in [2.75, 3.05) is 11.1 Å². The summed E-state index contributed by atoms with van der Waals surface area (Å²) in [6, 6.07) is 20.3. The molecule has 3 aromatic carbocycles. The van der Waals surface area contributed by atoms with Crippen LogP contribution in [0.2, 0.25) is 0 Å². The minimum Gasteiger partial charge on any atom is -0.325 e. The molecule has 0 aliphatic heterocycles. The van der Waals surface area contributed by atoms with Gasteiger partial charge in [0.2, 0.25) is 5.91 Å². The van der Waals surface area contributed by atoms with E-state index in [1.807, 2.05) is 6.07 Å². The van der Waals surface area contributed by atoms with Crippen LogP contribution in [0.1, 0.15) is 5.56 Å². The number of nitrogens with one attached hydrogen (secondary N) is 1. The van der Waals surface area contributed by atoms with E-state index in [0.717, 1.165) is 23.9 Å². The molecule has 1 amide bonds. The van der Waals surface area contributed by atoms with E-state index in [1.165, 1.54) is 16.6 Å². The number of nitrogens with zero attached hydrogens (tertiary/aromatic N) is 4. The second-order valence-corrected chi connectivity index (χ2v) is 8.64. The third-order valence-corrected chi connectivity index (χ3v) is 6.14. The number of aromatic nitrogens is 4. The molecule has 0 aliphatic rings. The van der Waals surface area contributed by atoms with Gasteiger partial charge in [-0.2, -0.15) is 27.8 Å². The lowest BCUT2D eigenvalue weighted by Crippen LogP contribution is -2.19. The van der Waals surface area contributed by atoms with Gasteiger partial charge in [-0.15, -0.1) is 0 Å². The van der Waals surface area contributed by atoms with Crippen molar-refractivity contribution in [3.05, 3.63) is 94.8 Å². The summed E-state index contributed by atoms with van der Waals surface area (Å²) in [4.78, 5) is 34.2. The van der Waals surface area contributed by atoms with E-state index in [4.69, 9.17) is 0 Å². The highest BCUT2D eigenvalue weighted by Gasteiger charge is 2.30. The zero-order valence-electron chi connectivity index (χ0n) is 18.4. The summed E-state index contributed by atoms with van der Waals surface area (Å²) >= 11 is 1.02. The first-order chi connectivity index (χ1) is 17.3. The van der Waals surface area contributed by atoms with Crippen LogP contribution in [0.3, 0.4) is 0 Å². The molecule has 2 aromatic heterocycles. The summed E-state index contributed by atoms with van der Waals surface area (Å²) in [5.41, 5.74) is 0.210. The highest BCUT2D eigenvalue weighted by atomic mass is 32.2. The molecule has 5 rings (SSSR count). The van der Waals surface area contributed by atoms with Crippen LogP contribution in [0, 0.1) is 0 Å². The summed E-state index contributed by atoms with van der Waals surface area (Å²) in [5.74, 6) is -0.690. The molecule has 0 radical (unpaired) electrons. The Bertz CT molecular complexity index is 1660. The molecule has 36 heavy (non-hydrogen) atoms. The maximum Gasteiger partial charge on any atom is 0.416 e. The SMILES string of the molecule is O=C(CSc1nc2ccccc2c2nc(=O)c(-c3ccccc3)nn12)Nc1cccc(C(F)(F)F)c1. The van der Waals surface area contributed by atoms with Gasteiger partial charge in [0.1, 0.15) is 0 Å². The van der Waals surface area contributed by atoms with Crippen LogP contribution in [0.25, 0.3) is 27.8 Å². The van der Waals surface area contributed by atoms with Crippen molar-refractivity contribution in [2.24, 2.45) is 0 Å². The van der Waals surface area contributed by atoms with Gasteiger partial charge in [-0.1, -0.05) is 60.3 Å². The molecular formula is C25H16F3N5O2S. The molecule has 0 atom stereocenters. The van der Waals surface area contributed by atoms with Crippen molar-refractivity contribution in [3.63, 3.8) is 0 Å². The second kappa shape index (κ2) is 9.42. The Morgan fingerprint density at radius 2 is 1.69 bits per heavy atom. The third-order valence-electron chi connectivity index (χ3n) is 5.21. The number of fused-ring (bicyclic) bond motifs is 3. The number of carbonyl (C=O) groups is 1. The smallest absolute Gasteiger partial charge is 0.325 e. The number of amides is 1. The fourth-order valence-corrected chi connectivity index (χ4v) is 4.32. The maximum atomic E-state index is 13.0. The lowest BCUT2D eigenvalue weighted by Gasteiger charge is -2.12. The standard InChI is InChI=1S/C25H16F3N5O2S/c26-25(27,28)16-9-6-10-17(13-16)29-20(34)14-36-24-30-19-12-5-4-11-18(19)22-31-23(35)21(32-33(22)24)15-7-2-1-3-8-15/h1-13H,14H2,(H,29,34). The number of anilines is 1. The van der Waals surface area contributed by atoms with Gasteiger partial charge >= 0.3 is 6.18 Å². The van der Waals surface area contributed by atoms with Crippen LogP contribution < -0.4 is 10.9 Å². The normalized spacial score (nSPS) is 11.6. The van der Waals surface area contributed by atoms with Gasteiger partial charge in [-0.3, -0.25) is 9.59 Å². The molecule has 1 N–H and O–H groups in total. The fourth-order valence-electron chi connectivity index (χ4n) is 3.58. The van der Waals surface area contributed by atoms with Crippen LogP contribution in [0.5, 0.6) is 0 Å². The first-order valence-electron chi connectivity index (χ1n) is 10.6. The lowest BCUT2D eigenvalue weighted by molar-refractivity contribution is -0.137. The average Bonchev–Trinajstić information content (AvgIpc) is 2.87. The Balaban J connectivity index is 1.49. The monoisotopic (exact) mass is 507 g/mol. The molecule has 0 spiro atoms. The average molecular weight is 507 g/mol. The maximum absolute atomic E-state index is 13.0. The minimum absolute atomic E-state index is 0.0292. The molecule has 0 saturated heterocycles. The summed E-state index contributed by atoms with van der Waals surface area (Å²) in [6.45, 7) is 0. The number of hydrogen-bond donors (Lipinski definition) is 1. The summed E-state index contributed by atoms with van der Waals surface area (Å²) < 4.78 is 40.3. The fraction of sp³-hybridized carbons (Fsp3) is 0.0800. The van der Waals surface area contributed by atoms with Crippen LogP contribution in [-0.4, -0.2) is 31.2 Å². The predicted molar refractivity (Wildman–Crippen MR) is 131 cm³/mol. The number of para-hydroxylation sites is 1. The van der Waals surface area contributed by atoms with Crippen molar-refractivity contribution in [3.8, 4) is 11.3 Å². The Hall–Kier alpha value is -4.25. The van der Waals surface area contributed by atoms with Crippen LogP contribution in [-0.2, 0) is 11.0 Å². The van der Waals surface area contributed by atoms with Gasteiger partial charge in [-0.25, -0.2) is 4.98 Å². The summed E-state index contributed by atoms with van der Waals surface area (Å²) in [6.07, 6.45) is -4.52. The van der Waals surface area contributed by atoms with Gasteiger partial charge in [0.05, 0.1) is 16.8 Å². The van der Waals surface area contributed by atoms with Gasteiger partial charge in [0.25, 0.3) is 5.56 Å². The van der Waals surface area contributed by atoms with E-state index in [2.05, 4.69) is 20.4 Å². The summed E-state index contributed by atoms with van der Waals surface area (Å²) in [7, 11) is 0. The van der Waals surface area contributed by atoms with Crippen molar-refractivity contribution >= 4 is 39.9 Å². The number of alkyl halides is 3. The molecule has 0 fully saturated rings. The molecule has 0 bridgehead atoms. The highest BCUT2D eigenvalue weighted by molar-refractivity contribution is 7.99. The van der Waals surface area contributed by atoms with Gasteiger partial charge in [-0.05, 0) is 30.3 Å². The first kappa shape index (κ1) is 23.5. The van der Waals surface area contributed by atoms with Crippen molar-refractivity contribution in [1.82, 2.24) is 19.6 Å².